The molecule has 1 aromatic heterocycles. The molecule has 37 heavy (non-hydrogen) atoms. The lowest BCUT2D eigenvalue weighted by molar-refractivity contribution is 0.0600. The van der Waals surface area contributed by atoms with Gasteiger partial charge in [0.25, 0.3) is 5.56 Å². The number of ether oxygens (including phenoxy) is 3. The van der Waals surface area contributed by atoms with Gasteiger partial charge >= 0.3 is 5.97 Å². The summed E-state index contributed by atoms with van der Waals surface area (Å²) in [4.78, 5) is 27.6. The summed E-state index contributed by atoms with van der Waals surface area (Å²) in [5.41, 5.74) is 0.784. The average molecular weight is 525 g/mol. The number of H-pyrrole nitrogens is 1. The van der Waals surface area contributed by atoms with Crippen molar-refractivity contribution in [3.8, 4) is 11.5 Å². The summed E-state index contributed by atoms with van der Waals surface area (Å²) in [5, 5.41) is 0.630. The fourth-order valence-electron chi connectivity index (χ4n) is 4.02. The molecule has 0 amide bonds. The van der Waals surface area contributed by atoms with E-state index in [4.69, 9.17) is 14.2 Å². The van der Waals surface area contributed by atoms with Gasteiger partial charge in [-0.25, -0.2) is 17.6 Å². The maximum absolute atomic E-state index is 13.8. The van der Waals surface area contributed by atoms with E-state index in [9.17, 15) is 22.4 Å². The van der Waals surface area contributed by atoms with E-state index >= 15 is 0 Å². The molecule has 11 heteroatoms. The van der Waals surface area contributed by atoms with Crippen LogP contribution < -0.4 is 15.0 Å². The van der Waals surface area contributed by atoms with Crippen LogP contribution >= 0.6 is 0 Å². The van der Waals surface area contributed by atoms with Crippen molar-refractivity contribution in [3.63, 3.8) is 0 Å². The van der Waals surface area contributed by atoms with E-state index in [1.807, 2.05) is 0 Å². The van der Waals surface area contributed by atoms with Gasteiger partial charge in [0.2, 0.25) is 16.8 Å². The first-order chi connectivity index (χ1) is 17.7. The number of carbonyl (C=O) groups is 1. The Morgan fingerprint density at radius 3 is 2.49 bits per heavy atom. The van der Waals surface area contributed by atoms with E-state index in [1.165, 1.54) is 55.6 Å². The number of fused-ring (bicyclic) bond motifs is 2. The van der Waals surface area contributed by atoms with Crippen LogP contribution in [0.4, 0.5) is 4.39 Å². The molecule has 1 N–H and O–H groups in total. The minimum atomic E-state index is -4.22. The SMILES string of the molecule is COC(=O)c1cccc(S(=O)(=O)N(Cc2ccc(F)cc2)Cc2cc3cc4c(cc3[nH]c2=O)OCO4)c1. The van der Waals surface area contributed by atoms with Crippen molar-refractivity contribution in [3.05, 3.63) is 99.6 Å². The molecule has 0 unspecified atom stereocenters. The van der Waals surface area contributed by atoms with Crippen molar-refractivity contribution in [1.29, 1.82) is 0 Å². The van der Waals surface area contributed by atoms with E-state index in [-0.39, 0.29) is 35.9 Å². The zero-order valence-electron chi connectivity index (χ0n) is 19.6. The quantitative estimate of drug-likeness (QED) is 0.368. The van der Waals surface area contributed by atoms with Gasteiger partial charge in [0.05, 0.1) is 23.1 Å². The van der Waals surface area contributed by atoms with Crippen LogP contribution in [0.25, 0.3) is 10.9 Å². The largest absolute Gasteiger partial charge is 0.465 e. The second-order valence-electron chi connectivity index (χ2n) is 8.34. The maximum atomic E-state index is 13.8. The Labute approximate surface area is 211 Å². The summed E-state index contributed by atoms with van der Waals surface area (Å²) in [6.45, 7) is -0.372. The van der Waals surface area contributed by atoms with Gasteiger partial charge in [-0.2, -0.15) is 4.31 Å². The van der Waals surface area contributed by atoms with Gasteiger partial charge in [-0.3, -0.25) is 4.79 Å². The van der Waals surface area contributed by atoms with Gasteiger partial charge in [-0.15, -0.1) is 0 Å². The molecule has 0 atom stereocenters. The first-order valence-corrected chi connectivity index (χ1v) is 12.6. The molecular weight excluding hydrogens is 503 g/mol. The molecule has 5 rings (SSSR count). The highest BCUT2D eigenvalue weighted by atomic mass is 32.2. The molecule has 0 saturated heterocycles. The molecule has 2 heterocycles. The average Bonchev–Trinajstić information content (AvgIpc) is 3.35. The Balaban J connectivity index is 1.57. The molecule has 0 aliphatic carbocycles. The Bertz CT molecular complexity index is 1670. The highest BCUT2D eigenvalue weighted by molar-refractivity contribution is 7.89. The molecule has 4 aromatic rings. The molecular formula is C26H21FN2O7S. The van der Waals surface area contributed by atoms with E-state index in [0.717, 1.165) is 4.31 Å². The van der Waals surface area contributed by atoms with Crippen molar-refractivity contribution < 1.29 is 31.8 Å². The Morgan fingerprint density at radius 2 is 1.76 bits per heavy atom. The predicted octanol–water partition coefficient (Wildman–Crippen LogP) is 3.57. The van der Waals surface area contributed by atoms with Gasteiger partial charge in [-0.1, -0.05) is 18.2 Å². The number of sulfonamides is 1. The van der Waals surface area contributed by atoms with Crippen LogP contribution in [0.5, 0.6) is 11.5 Å². The number of hydrogen-bond donors (Lipinski definition) is 1. The summed E-state index contributed by atoms with van der Waals surface area (Å²) < 4.78 is 57.5. The molecule has 1 aliphatic heterocycles. The van der Waals surface area contributed by atoms with Crippen LogP contribution in [-0.4, -0.2) is 37.6 Å². The molecule has 3 aromatic carbocycles. The van der Waals surface area contributed by atoms with Gasteiger partial charge in [-0.05, 0) is 48.0 Å². The number of methoxy groups -OCH3 is 1. The monoisotopic (exact) mass is 524 g/mol. The number of nitrogens with one attached hydrogen (secondary N) is 1. The third kappa shape index (κ3) is 4.91. The summed E-state index contributed by atoms with van der Waals surface area (Å²) in [5.74, 6) is -0.136. The number of esters is 1. The van der Waals surface area contributed by atoms with E-state index < -0.39 is 27.4 Å². The van der Waals surface area contributed by atoms with Crippen LogP contribution in [0.2, 0.25) is 0 Å². The third-order valence-electron chi connectivity index (χ3n) is 5.93. The number of rotatable bonds is 7. The van der Waals surface area contributed by atoms with Crippen molar-refractivity contribution in [2.45, 2.75) is 18.0 Å². The number of benzene rings is 3. The Kier molecular flexibility index (Phi) is 6.40. The molecule has 0 fully saturated rings. The predicted molar refractivity (Wildman–Crippen MR) is 131 cm³/mol. The molecule has 190 valence electrons. The number of nitrogens with zero attached hydrogens (tertiary/aromatic N) is 1. The number of hydrogen-bond acceptors (Lipinski definition) is 7. The lowest BCUT2D eigenvalue weighted by atomic mass is 10.1. The molecule has 0 radical (unpaired) electrons. The molecule has 0 spiro atoms. The second-order valence-corrected chi connectivity index (χ2v) is 10.3. The zero-order chi connectivity index (χ0) is 26.2. The Hall–Kier alpha value is -4.22. The lowest BCUT2D eigenvalue weighted by Crippen LogP contribution is -2.32. The van der Waals surface area contributed by atoms with Gasteiger partial charge < -0.3 is 19.2 Å². The first-order valence-electron chi connectivity index (χ1n) is 11.1. The second kappa shape index (κ2) is 9.68. The minimum Gasteiger partial charge on any atom is -0.465 e. The molecule has 1 aliphatic rings. The smallest absolute Gasteiger partial charge is 0.337 e. The van der Waals surface area contributed by atoms with Gasteiger partial charge in [0.15, 0.2) is 11.5 Å². The highest BCUT2D eigenvalue weighted by Gasteiger charge is 2.27. The number of aromatic nitrogens is 1. The maximum Gasteiger partial charge on any atom is 0.337 e. The molecule has 9 nitrogen and oxygen atoms in total. The van der Waals surface area contributed by atoms with Crippen molar-refractivity contribution in [2.75, 3.05) is 13.9 Å². The van der Waals surface area contributed by atoms with E-state index in [0.29, 0.717) is 28.0 Å². The van der Waals surface area contributed by atoms with Crippen LogP contribution in [0, 0.1) is 5.82 Å². The Morgan fingerprint density at radius 1 is 1.03 bits per heavy atom. The summed E-state index contributed by atoms with van der Waals surface area (Å²) in [6.07, 6.45) is 0. The molecule has 0 bridgehead atoms. The number of aromatic amines is 1. The summed E-state index contributed by atoms with van der Waals surface area (Å²) >= 11 is 0. The summed E-state index contributed by atoms with van der Waals surface area (Å²) in [6, 6.07) is 15.8. The van der Waals surface area contributed by atoms with Gasteiger partial charge in [0.1, 0.15) is 5.82 Å². The van der Waals surface area contributed by atoms with Crippen LogP contribution in [0.3, 0.4) is 0 Å². The standard InChI is InChI=1S/C26H21FN2O7S/c1-34-26(31)17-3-2-4-21(10-17)37(32,33)29(13-16-5-7-20(27)8-6-16)14-19-9-18-11-23-24(36-15-35-23)12-22(18)28-25(19)30/h2-12H,13-15H2,1H3,(H,28,30). The molecule has 0 saturated carbocycles. The van der Waals surface area contributed by atoms with Crippen LogP contribution in [0.15, 0.2) is 76.4 Å². The zero-order valence-corrected chi connectivity index (χ0v) is 20.4. The van der Waals surface area contributed by atoms with Crippen LogP contribution in [-0.2, 0) is 27.8 Å². The fraction of sp³-hybridized carbons (Fsp3) is 0.154. The van der Waals surface area contributed by atoms with Crippen molar-refractivity contribution in [1.82, 2.24) is 9.29 Å². The number of halogens is 1. The van der Waals surface area contributed by atoms with Crippen molar-refractivity contribution in [2.24, 2.45) is 0 Å². The topological polar surface area (TPSA) is 115 Å². The lowest BCUT2D eigenvalue weighted by Gasteiger charge is -2.23. The van der Waals surface area contributed by atoms with E-state index in [2.05, 4.69) is 4.98 Å². The minimum absolute atomic E-state index is 0.0601. The fourth-order valence-corrected chi connectivity index (χ4v) is 5.47. The number of pyridine rings is 1. The third-order valence-corrected chi connectivity index (χ3v) is 7.71. The highest BCUT2D eigenvalue weighted by Crippen LogP contribution is 2.35. The van der Waals surface area contributed by atoms with E-state index in [1.54, 1.807) is 18.2 Å². The van der Waals surface area contributed by atoms with Crippen LogP contribution in [0.1, 0.15) is 21.5 Å². The number of carbonyl (C=O) groups excluding carboxylic acids is 1. The van der Waals surface area contributed by atoms with Gasteiger partial charge in [0, 0.05) is 30.1 Å². The first kappa shape index (κ1) is 24.5. The summed E-state index contributed by atoms with van der Waals surface area (Å²) in [7, 11) is -3.02. The normalized spacial score (nSPS) is 12.7. The van der Waals surface area contributed by atoms with Crippen molar-refractivity contribution >= 4 is 26.9 Å².